The van der Waals surface area contributed by atoms with Crippen LogP contribution in [0.2, 0.25) is 0 Å². The molecule has 0 aromatic carbocycles. The molecular formula is C19H30N2O5. The number of likely N-dealkylation sites (tertiary alicyclic amines) is 1. The highest BCUT2D eigenvalue weighted by atomic mass is 16.5. The van der Waals surface area contributed by atoms with Crippen molar-refractivity contribution in [3.63, 3.8) is 0 Å². The van der Waals surface area contributed by atoms with Crippen LogP contribution in [0, 0.1) is 11.3 Å². The Morgan fingerprint density at radius 3 is 2.54 bits per heavy atom. The van der Waals surface area contributed by atoms with Crippen LogP contribution in [-0.2, 0) is 23.9 Å². The number of amides is 2. The van der Waals surface area contributed by atoms with Crippen molar-refractivity contribution < 1.29 is 23.9 Å². The minimum atomic E-state index is -0.455. The Bertz CT molecular complexity index is 565. The molecule has 146 valence electrons. The van der Waals surface area contributed by atoms with Crippen LogP contribution in [0.1, 0.15) is 40.0 Å². The standard InChI is InChI=1S/C19H30N2O5/c1-19(2,3)11-13(10-16(23)20-6-8-25-9-7-20)18(24)21-5-4-15-17(21)14(22)12-26-15/h13,15,17H,4-12H2,1-3H3. The quantitative estimate of drug-likeness (QED) is 0.737. The van der Waals surface area contributed by atoms with Crippen molar-refractivity contribution in [1.29, 1.82) is 0 Å². The van der Waals surface area contributed by atoms with E-state index >= 15 is 0 Å². The van der Waals surface area contributed by atoms with Gasteiger partial charge < -0.3 is 19.3 Å². The highest BCUT2D eigenvalue weighted by molar-refractivity contribution is 5.94. The first-order chi connectivity index (χ1) is 12.3. The molecule has 0 aromatic heterocycles. The normalized spacial score (nSPS) is 27.6. The second kappa shape index (κ2) is 7.64. The lowest BCUT2D eigenvalue weighted by Gasteiger charge is -2.33. The summed E-state index contributed by atoms with van der Waals surface area (Å²) in [5.41, 5.74) is -0.0824. The van der Waals surface area contributed by atoms with Crippen LogP contribution in [0.15, 0.2) is 0 Å². The number of fused-ring (bicyclic) bond motifs is 1. The molecule has 3 rings (SSSR count). The van der Waals surface area contributed by atoms with E-state index in [1.165, 1.54) is 0 Å². The van der Waals surface area contributed by atoms with Gasteiger partial charge in [-0.05, 0) is 18.3 Å². The van der Waals surface area contributed by atoms with Gasteiger partial charge in [0.2, 0.25) is 11.8 Å². The van der Waals surface area contributed by atoms with Crippen molar-refractivity contribution in [2.75, 3.05) is 39.5 Å². The average Bonchev–Trinajstić information content (AvgIpc) is 3.16. The van der Waals surface area contributed by atoms with E-state index in [-0.39, 0.29) is 42.1 Å². The van der Waals surface area contributed by atoms with Crippen molar-refractivity contribution in [2.45, 2.75) is 52.2 Å². The molecule has 0 aliphatic carbocycles. The SMILES string of the molecule is CC(C)(C)CC(CC(=O)N1CCOCC1)C(=O)N1CCC2OCC(=O)C21. The third-order valence-corrected chi connectivity index (χ3v) is 5.39. The fourth-order valence-electron chi connectivity index (χ4n) is 4.21. The van der Waals surface area contributed by atoms with Gasteiger partial charge in [-0.25, -0.2) is 0 Å². The van der Waals surface area contributed by atoms with E-state index < -0.39 is 12.0 Å². The van der Waals surface area contributed by atoms with Crippen LogP contribution in [0.25, 0.3) is 0 Å². The molecule has 3 heterocycles. The first kappa shape index (κ1) is 19.3. The molecule has 0 saturated carbocycles. The van der Waals surface area contributed by atoms with Gasteiger partial charge in [0.05, 0.1) is 19.3 Å². The average molecular weight is 366 g/mol. The Morgan fingerprint density at radius 2 is 1.88 bits per heavy atom. The Kier molecular flexibility index (Phi) is 5.67. The summed E-state index contributed by atoms with van der Waals surface area (Å²) in [7, 11) is 0. The highest BCUT2D eigenvalue weighted by Gasteiger charge is 2.48. The van der Waals surface area contributed by atoms with Gasteiger partial charge >= 0.3 is 0 Å². The number of ether oxygens (including phenoxy) is 2. The number of rotatable bonds is 4. The Labute approximate surface area is 155 Å². The molecule has 7 heteroatoms. The van der Waals surface area contributed by atoms with Crippen molar-refractivity contribution in [3.8, 4) is 0 Å². The van der Waals surface area contributed by atoms with Crippen LogP contribution in [0.4, 0.5) is 0 Å². The molecule has 0 radical (unpaired) electrons. The minimum absolute atomic E-state index is 0.000598. The van der Waals surface area contributed by atoms with E-state index in [1.807, 2.05) is 0 Å². The summed E-state index contributed by atoms with van der Waals surface area (Å²) >= 11 is 0. The smallest absolute Gasteiger partial charge is 0.226 e. The number of hydrogen-bond acceptors (Lipinski definition) is 5. The lowest BCUT2D eigenvalue weighted by molar-refractivity contribution is -0.145. The maximum Gasteiger partial charge on any atom is 0.226 e. The monoisotopic (exact) mass is 366 g/mol. The topological polar surface area (TPSA) is 76.2 Å². The number of carbonyl (C=O) groups is 3. The Morgan fingerprint density at radius 1 is 1.19 bits per heavy atom. The number of Topliss-reactive ketones (excluding diaryl/α,β-unsaturated/α-hetero) is 1. The van der Waals surface area contributed by atoms with Gasteiger partial charge in [0, 0.05) is 32.0 Å². The molecule has 3 unspecified atom stereocenters. The van der Waals surface area contributed by atoms with Crippen LogP contribution in [0.3, 0.4) is 0 Å². The highest BCUT2D eigenvalue weighted by Crippen LogP contribution is 2.33. The van der Waals surface area contributed by atoms with E-state index in [4.69, 9.17) is 9.47 Å². The third-order valence-electron chi connectivity index (χ3n) is 5.39. The zero-order valence-corrected chi connectivity index (χ0v) is 16.0. The Hall–Kier alpha value is -1.47. The lowest BCUT2D eigenvalue weighted by atomic mass is 9.82. The fourth-order valence-corrected chi connectivity index (χ4v) is 4.21. The molecule has 3 aliphatic heterocycles. The molecular weight excluding hydrogens is 336 g/mol. The van der Waals surface area contributed by atoms with Gasteiger partial charge in [0.25, 0.3) is 0 Å². The maximum atomic E-state index is 13.3. The summed E-state index contributed by atoms with van der Waals surface area (Å²) in [5, 5.41) is 0. The molecule has 7 nitrogen and oxygen atoms in total. The summed E-state index contributed by atoms with van der Waals surface area (Å²) in [6.45, 7) is 9.10. The molecule has 3 aliphatic rings. The molecule has 0 bridgehead atoms. The number of hydrogen-bond donors (Lipinski definition) is 0. The fraction of sp³-hybridized carbons (Fsp3) is 0.842. The summed E-state index contributed by atoms with van der Waals surface area (Å²) in [6, 6.07) is -0.455. The van der Waals surface area contributed by atoms with Crippen LogP contribution in [0.5, 0.6) is 0 Å². The first-order valence-corrected chi connectivity index (χ1v) is 9.56. The predicted octanol–water partition coefficient (Wildman–Crippen LogP) is 0.857. The lowest BCUT2D eigenvalue weighted by Crippen LogP contribution is -2.47. The second-order valence-electron chi connectivity index (χ2n) is 8.74. The molecule has 3 fully saturated rings. The zero-order chi connectivity index (χ0) is 18.9. The number of carbonyl (C=O) groups excluding carboxylic acids is 3. The summed E-state index contributed by atoms with van der Waals surface area (Å²) in [4.78, 5) is 41.6. The van der Waals surface area contributed by atoms with Gasteiger partial charge in [0.1, 0.15) is 12.6 Å². The first-order valence-electron chi connectivity index (χ1n) is 9.56. The summed E-state index contributed by atoms with van der Waals surface area (Å²) < 4.78 is 10.8. The van der Waals surface area contributed by atoms with Crippen molar-refractivity contribution >= 4 is 17.6 Å². The van der Waals surface area contributed by atoms with E-state index in [1.54, 1.807) is 9.80 Å². The zero-order valence-electron chi connectivity index (χ0n) is 16.0. The summed E-state index contributed by atoms with van der Waals surface area (Å²) in [5.74, 6) is -0.499. The van der Waals surface area contributed by atoms with Crippen molar-refractivity contribution in [1.82, 2.24) is 9.80 Å². The maximum absolute atomic E-state index is 13.3. The molecule has 0 aromatic rings. The molecule has 0 N–H and O–H groups in total. The van der Waals surface area contributed by atoms with Gasteiger partial charge in [-0.2, -0.15) is 0 Å². The van der Waals surface area contributed by atoms with Gasteiger partial charge in [0.15, 0.2) is 5.78 Å². The number of ketones is 1. The molecule has 3 saturated heterocycles. The minimum Gasteiger partial charge on any atom is -0.378 e. The number of nitrogens with zero attached hydrogens (tertiary/aromatic N) is 2. The van der Waals surface area contributed by atoms with Gasteiger partial charge in [-0.3, -0.25) is 14.4 Å². The summed E-state index contributed by atoms with van der Waals surface area (Å²) in [6.07, 6.45) is 1.34. The van der Waals surface area contributed by atoms with Crippen molar-refractivity contribution in [3.05, 3.63) is 0 Å². The molecule has 3 atom stereocenters. The second-order valence-corrected chi connectivity index (χ2v) is 8.74. The number of morpholine rings is 1. The van der Waals surface area contributed by atoms with Gasteiger partial charge in [-0.1, -0.05) is 20.8 Å². The van der Waals surface area contributed by atoms with E-state index in [9.17, 15) is 14.4 Å². The van der Waals surface area contributed by atoms with Gasteiger partial charge in [-0.15, -0.1) is 0 Å². The largest absolute Gasteiger partial charge is 0.378 e. The van der Waals surface area contributed by atoms with Crippen molar-refractivity contribution in [2.24, 2.45) is 11.3 Å². The molecule has 0 spiro atoms. The van der Waals surface area contributed by atoms with E-state index in [0.717, 1.165) is 0 Å². The van der Waals surface area contributed by atoms with Crippen LogP contribution in [-0.4, -0.2) is 79.0 Å². The van der Waals surface area contributed by atoms with E-state index in [2.05, 4.69) is 20.8 Å². The van der Waals surface area contributed by atoms with Crippen LogP contribution < -0.4 is 0 Å². The predicted molar refractivity (Wildman–Crippen MR) is 94.4 cm³/mol. The molecule has 26 heavy (non-hydrogen) atoms. The van der Waals surface area contributed by atoms with E-state index in [0.29, 0.717) is 45.7 Å². The van der Waals surface area contributed by atoms with Crippen LogP contribution >= 0.6 is 0 Å². The molecule has 2 amide bonds. The third kappa shape index (κ3) is 4.26. The Balaban J connectivity index is 1.71.